The van der Waals surface area contributed by atoms with E-state index in [1.165, 1.54) is 5.56 Å². The van der Waals surface area contributed by atoms with E-state index in [1.54, 1.807) is 6.07 Å². The standard InChI is InChI=1S/C16H14N2/c1-10(2)12-5-4-11(3)16-14(9-18)6-13(8-17)15(16)7-12/h4-7,10H,1-3H3. The first kappa shape index (κ1) is 12.1. The van der Waals surface area contributed by atoms with Crippen molar-refractivity contribution < 1.29 is 0 Å². The molecule has 0 aromatic rings. The predicted octanol–water partition coefficient (Wildman–Crippen LogP) is 3.97. The fraction of sp³-hybridized carbons (Fsp3) is 0.250. The van der Waals surface area contributed by atoms with Crippen molar-refractivity contribution in [2.45, 2.75) is 26.7 Å². The van der Waals surface area contributed by atoms with Crippen LogP contribution in [0.5, 0.6) is 0 Å². The van der Waals surface area contributed by atoms with Crippen LogP contribution in [0.4, 0.5) is 0 Å². The van der Waals surface area contributed by atoms with Crippen molar-refractivity contribution in [2.24, 2.45) is 0 Å². The Kier molecular flexibility index (Phi) is 3.04. The summed E-state index contributed by atoms with van der Waals surface area (Å²) in [5.41, 5.74) is 5.18. The molecule has 0 aliphatic heterocycles. The van der Waals surface area contributed by atoms with Crippen LogP contribution in [0, 0.1) is 29.6 Å². The van der Waals surface area contributed by atoms with Crippen molar-refractivity contribution in [1.82, 2.24) is 0 Å². The molecule has 0 unspecified atom stereocenters. The molecular formula is C16H14N2. The van der Waals surface area contributed by atoms with E-state index in [9.17, 15) is 5.26 Å². The lowest BCUT2D eigenvalue weighted by molar-refractivity contribution is 0.869. The zero-order valence-corrected chi connectivity index (χ0v) is 10.8. The highest BCUT2D eigenvalue weighted by Crippen LogP contribution is 2.35. The van der Waals surface area contributed by atoms with Crippen LogP contribution in [0.1, 0.15) is 42.0 Å². The van der Waals surface area contributed by atoms with Crippen LogP contribution >= 0.6 is 0 Å². The second-order valence-corrected chi connectivity index (χ2v) is 4.80. The van der Waals surface area contributed by atoms with E-state index in [0.29, 0.717) is 17.0 Å². The van der Waals surface area contributed by atoms with Gasteiger partial charge in [-0.25, -0.2) is 0 Å². The Balaban J connectivity index is 2.86. The van der Waals surface area contributed by atoms with Crippen LogP contribution in [0.3, 0.4) is 0 Å². The highest BCUT2D eigenvalue weighted by molar-refractivity contribution is 5.82. The molecule has 0 saturated heterocycles. The van der Waals surface area contributed by atoms with Crippen LogP contribution in [0.25, 0.3) is 11.1 Å². The third kappa shape index (κ3) is 1.83. The van der Waals surface area contributed by atoms with E-state index in [0.717, 1.165) is 16.7 Å². The lowest BCUT2D eigenvalue weighted by Gasteiger charge is -2.02. The molecule has 0 aromatic carbocycles. The Morgan fingerprint density at radius 3 is 2.22 bits per heavy atom. The second-order valence-electron chi connectivity index (χ2n) is 4.80. The number of rotatable bonds is 1. The third-order valence-electron chi connectivity index (χ3n) is 3.26. The highest BCUT2D eigenvalue weighted by atomic mass is 14.3. The van der Waals surface area contributed by atoms with Crippen molar-refractivity contribution in [3.63, 3.8) is 0 Å². The largest absolute Gasteiger partial charge is 0.192 e. The van der Waals surface area contributed by atoms with Gasteiger partial charge < -0.3 is 0 Å². The van der Waals surface area contributed by atoms with Gasteiger partial charge in [0.15, 0.2) is 0 Å². The van der Waals surface area contributed by atoms with E-state index in [1.807, 2.05) is 19.1 Å². The SMILES string of the molecule is Cc1ccc(C(C)C)cc2c(C#N)cc(C#N)c1-2. The fourth-order valence-corrected chi connectivity index (χ4v) is 2.21. The molecule has 0 heterocycles. The number of hydrogen-bond donors (Lipinski definition) is 0. The highest BCUT2D eigenvalue weighted by Gasteiger charge is 2.18. The average molecular weight is 234 g/mol. The Hall–Kier alpha value is -2.32. The molecule has 2 aliphatic carbocycles. The maximum absolute atomic E-state index is 9.19. The lowest BCUT2D eigenvalue weighted by atomic mass is 10.0. The molecule has 0 saturated carbocycles. The summed E-state index contributed by atoms with van der Waals surface area (Å²) in [7, 11) is 0. The van der Waals surface area contributed by atoms with Crippen molar-refractivity contribution in [2.75, 3.05) is 0 Å². The first-order chi connectivity index (χ1) is 8.58. The Morgan fingerprint density at radius 2 is 1.67 bits per heavy atom. The van der Waals surface area contributed by atoms with Crippen LogP contribution in [-0.2, 0) is 0 Å². The van der Waals surface area contributed by atoms with Crippen LogP contribution in [0.2, 0.25) is 0 Å². The van der Waals surface area contributed by atoms with Gasteiger partial charge in [-0.2, -0.15) is 10.5 Å². The first-order valence-electron chi connectivity index (χ1n) is 5.96. The number of nitriles is 2. The molecule has 2 rings (SSSR count). The minimum Gasteiger partial charge on any atom is -0.192 e. The minimum absolute atomic E-state index is 0.395. The number of nitrogens with zero attached hydrogens (tertiary/aromatic N) is 2. The smallest absolute Gasteiger partial charge is 0.0998 e. The maximum atomic E-state index is 9.19. The van der Waals surface area contributed by atoms with E-state index >= 15 is 0 Å². The molecule has 0 bridgehead atoms. The van der Waals surface area contributed by atoms with Gasteiger partial charge in [-0.15, -0.1) is 0 Å². The Bertz CT molecular complexity index is 654. The molecule has 0 amide bonds. The molecule has 0 spiro atoms. The summed E-state index contributed by atoms with van der Waals surface area (Å²) < 4.78 is 0. The zero-order chi connectivity index (χ0) is 13.3. The third-order valence-corrected chi connectivity index (χ3v) is 3.26. The normalized spacial score (nSPS) is 10.3. The van der Waals surface area contributed by atoms with Gasteiger partial charge >= 0.3 is 0 Å². The van der Waals surface area contributed by atoms with Gasteiger partial charge in [0.1, 0.15) is 0 Å². The van der Waals surface area contributed by atoms with Gasteiger partial charge in [0.05, 0.1) is 23.3 Å². The molecule has 0 aromatic heterocycles. The monoisotopic (exact) mass is 234 g/mol. The maximum Gasteiger partial charge on any atom is 0.0998 e. The van der Waals surface area contributed by atoms with Gasteiger partial charge in [-0.3, -0.25) is 0 Å². The van der Waals surface area contributed by atoms with Crippen LogP contribution < -0.4 is 0 Å². The summed E-state index contributed by atoms with van der Waals surface area (Å²) >= 11 is 0. The summed E-state index contributed by atoms with van der Waals surface area (Å²) in [5.74, 6) is 0.395. The molecule has 2 aliphatic rings. The van der Waals surface area contributed by atoms with E-state index < -0.39 is 0 Å². The number of hydrogen-bond acceptors (Lipinski definition) is 2. The van der Waals surface area contributed by atoms with Gasteiger partial charge in [0.2, 0.25) is 0 Å². The summed E-state index contributed by atoms with van der Waals surface area (Å²) in [6.45, 7) is 6.22. The van der Waals surface area contributed by atoms with E-state index in [-0.39, 0.29) is 0 Å². The van der Waals surface area contributed by atoms with Crippen molar-refractivity contribution in [3.05, 3.63) is 46.5 Å². The molecule has 0 fully saturated rings. The predicted molar refractivity (Wildman–Crippen MR) is 71.3 cm³/mol. The number of aryl methyl sites for hydroxylation is 1. The second kappa shape index (κ2) is 4.51. The van der Waals surface area contributed by atoms with Gasteiger partial charge in [-0.05, 0) is 36.1 Å². The quantitative estimate of drug-likeness (QED) is 0.749. The minimum atomic E-state index is 0.395. The van der Waals surface area contributed by atoms with Crippen molar-refractivity contribution in [1.29, 1.82) is 10.5 Å². The van der Waals surface area contributed by atoms with Gasteiger partial charge in [0, 0.05) is 11.1 Å². The summed E-state index contributed by atoms with van der Waals surface area (Å²) in [6.07, 6.45) is 0. The van der Waals surface area contributed by atoms with Gasteiger partial charge in [0.25, 0.3) is 0 Å². The molecule has 0 radical (unpaired) electrons. The summed E-state index contributed by atoms with van der Waals surface area (Å²) in [4.78, 5) is 0. The van der Waals surface area contributed by atoms with Crippen LogP contribution in [0.15, 0.2) is 24.3 Å². The van der Waals surface area contributed by atoms with Crippen molar-refractivity contribution >= 4 is 0 Å². The molecule has 2 heteroatoms. The van der Waals surface area contributed by atoms with E-state index in [2.05, 4.69) is 32.1 Å². The molecule has 0 N–H and O–H groups in total. The lowest BCUT2D eigenvalue weighted by Crippen LogP contribution is -1.84. The molecule has 18 heavy (non-hydrogen) atoms. The van der Waals surface area contributed by atoms with Gasteiger partial charge in [-0.1, -0.05) is 26.0 Å². The zero-order valence-electron chi connectivity index (χ0n) is 10.8. The topological polar surface area (TPSA) is 47.6 Å². The molecule has 88 valence electrons. The summed E-state index contributed by atoms with van der Waals surface area (Å²) in [6, 6.07) is 12.2. The molecule has 2 nitrogen and oxygen atoms in total. The number of fused-ring (bicyclic) bond motifs is 1. The summed E-state index contributed by atoms with van der Waals surface area (Å²) in [5, 5.41) is 18.4. The first-order valence-corrected chi connectivity index (χ1v) is 5.96. The Labute approximate surface area is 107 Å². The van der Waals surface area contributed by atoms with Crippen LogP contribution in [-0.4, -0.2) is 0 Å². The van der Waals surface area contributed by atoms with Crippen molar-refractivity contribution in [3.8, 4) is 23.3 Å². The average Bonchev–Trinajstić information content (AvgIpc) is 2.61. The molecule has 0 atom stereocenters. The van der Waals surface area contributed by atoms with E-state index in [4.69, 9.17) is 5.26 Å². The molecular weight excluding hydrogens is 220 g/mol. The Morgan fingerprint density at radius 1 is 1.00 bits per heavy atom. The fourth-order valence-electron chi connectivity index (χ4n) is 2.21.